The van der Waals surface area contributed by atoms with E-state index >= 15 is 0 Å². The molecule has 0 aromatic heterocycles. The highest BCUT2D eigenvalue weighted by atomic mass is 35.5. The molecule has 0 spiro atoms. The Labute approximate surface area is 130 Å². The summed E-state index contributed by atoms with van der Waals surface area (Å²) in [6.45, 7) is 0.180. The number of hydrogen-bond acceptors (Lipinski definition) is 3. The minimum Gasteiger partial charge on any atom is -0.490 e. The Morgan fingerprint density at radius 1 is 1.29 bits per heavy atom. The maximum atomic E-state index is 13.3. The first-order valence-electron chi connectivity index (χ1n) is 7.07. The van der Waals surface area contributed by atoms with Crippen molar-refractivity contribution in [2.24, 2.45) is 5.73 Å². The van der Waals surface area contributed by atoms with E-state index in [0.717, 1.165) is 25.7 Å². The Morgan fingerprint density at radius 2 is 1.95 bits per heavy atom. The summed E-state index contributed by atoms with van der Waals surface area (Å²) in [5.74, 6) is -0.278. The normalized spacial score (nSPS) is 21.2. The molecule has 0 radical (unpaired) electrons. The third kappa shape index (κ3) is 5.89. The number of para-hydroxylation sites is 1. The second kappa shape index (κ2) is 8.85. The SMILES string of the molecule is Cl.NC1CCC(NC(=O)CCOc2ccccc2F)CC1. The molecule has 0 atom stereocenters. The van der Waals surface area contributed by atoms with Crippen LogP contribution in [0, 0.1) is 5.82 Å². The minimum absolute atomic E-state index is 0. The lowest BCUT2D eigenvalue weighted by Crippen LogP contribution is -2.40. The van der Waals surface area contributed by atoms with Crippen molar-refractivity contribution in [3.05, 3.63) is 30.1 Å². The number of rotatable bonds is 5. The molecule has 1 aromatic carbocycles. The van der Waals surface area contributed by atoms with E-state index < -0.39 is 5.82 Å². The molecule has 2 rings (SSSR count). The highest BCUT2D eigenvalue weighted by Gasteiger charge is 2.19. The van der Waals surface area contributed by atoms with Crippen molar-refractivity contribution in [3.8, 4) is 5.75 Å². The molecular weight excluding hydrogens is 295 g/mol. The average molecular weight is 317 g/mol. The highest BCUT2D eigenvalue weighted by molar-refractivity contribution is 5.85. The maximum absolute atomic E-state index is 13.3. The van der Waals surface area contributed by atoms with Crippen molar-refractivity contribution in [3.63, 3.8) is 0 Å². The van der Waals surface area contributed by atoms with Crippen LogP contribution >= 0.6 is 12.4 Å². The molecule has 0 bridgehead atoms. The van der Waals surface area contributed by atoms with Crippen LogP contribution in [-0.4, -0.2) is 24.6 Å². The summed E-state index contributed by atoms with van der Waals surface area (Å²) < 4.78 is 18.5. The molecule has 1 aliphatic rings. The molecule has 1 saturated carbocycles. The minimum atomic E-state index is -0.408. The average Bonchev–Trinajstić information content (AvgIpc) is 2.43. The van der Waals surface area contributed by atoms with Crippen LogP contribution in [0.1, 0.15) is 32.1 Å². The lowest BCUT2D eigenvalue weighted by Gasteiger charge is -2.26. The van der Waals surface area contributed by atoms with Crippen LogP contribution in [0.4, 0.5) is 4.39 Å². The molecule has 1 aromatic rings. The Kier molecular flexibility index (Phi) is 7.47. The van der Waals surface area contributed by atoms with Gasteiger partial charge in [0.15, 0.2) is 11.6 Å². The second-order valence-electron chi connectivity index (χ2n) is 5.21. The Bertz CT molecular complexity index is 451. The van der Waals surface area contributed by atoms with E-state index in [-0.39, 0.29) is 49.2 Å². The van der Waals surface area contributed by atoms with Crippen molar-refractivity contribution in [2.75, 3.05) is 6.61 Å². The fourth-order valence-electron chi connectivity index (χ4n) is 2.38. The van der Waals surface area contributed by atoms with E-state index in [2.05, 4.69) is 5.32 Å². The Morgan fingerprint density at radius 3 is 2.62 bits per heavy atom. The predicted molar refractivity (Wildman–Crippen MR) is 82.1 cm³/mol. The molecular formula is C15H22ClFN2O2. The third-order valence-electron chi connectivity index (χ3n) is 3.56. The third-order valence-corrected chi connectivity index (χ3v) is 3.56. The summed E-state index contributed by atoms with van der Waals surface area (Å²) in [5.41, 5.74) is 5.82. The number of nitrogens with two attached hydrogens (primary N) is 1. The van der Waals surface area contributed by atoms with E-state index in [1.54, 1.807) is 18.2 Å². The van der Waals surface area contributed by atoms with E-state index in [1.165, 1.54) is 6.07 Å². The molecule has 1 aliphatic carbocycles. The van der Waals surface area contributed by atoms with Crippen molar-refractivity contribution in [1.82, 2.24) is 5.32 Å². The summed E-state index contributed by atoms with van der Waals surface area (Å²) in [6.07, 6.45) is 4.01. The van der Waals surface area contributed by atoms with Gasteiger partial charge in [-0.15, -0.1) is 12.4 Å². The molecule has 1 fully saturated rings. The van der Waals surface area contributed by atoms with Gasteiger partial charge in [0.2, 0.25) is 5.91 Å². The summed E-state index contributed by atoms with van der Waals surface area (Å²) >= 11 is 0. The van der Waals surface area contributed by atoms with Crippen molar-refractivity contribution in [1.29, 1.82) is 0 Å². The number of nitrogens with one attached hydrogen (secondary N) is 1. The summed E-state index contributed by atoms with van der Waals surface area (Å²) in [6, 6.07) is 6.67. The first-order chi connectivity index (χ1) is 9.65. The Balaban J connectivity index is 0.00000220. The van der Waals surface area contributed by atoms with E-state index in [1.807, 2.05) is 0 Å². The van der Waals surface area contributed by atoms with Crippen LogP contribution in [0.5, 0.6) is 5.75 Å². The Hall–Kier alpha value is -1.33. The fraction of sp³-hybridized carbons (Fsp3) is 0.533. The standard InChI is InChI=1S/C15H21FN2O2.ClH/c16-13-3-1-2-4-14(13)20-10-9-15(19)18-12-7-5-11(17)6-8-12;/h1-4,11-12H,5-10,17H2,(H,18,19);1H. The van der Waals surface area contributed by atoms with Gasteiger partial charge in [0.1, 0.15) is 0 Å². The van der Waals surface area contributed by atoms with E-state index in [4.69, 9.17) is 10.5 Å². The van der Waals surface area contributed by atoms with Gasteiger partial charge in [0.05, 0.1) is 13.0 Å². The van der Waals surface area contributed by atoms with Crippen molar-refractivity contribution >= 4 is 18.3 Å². The van der Waals surface area contributed by atoms with Gasteiger partial charge in [0, 0.05) is 12.1 Å². The largest absolute Gasteiger partial charge is 0.490 e. The van der Waals surface area contributed by atoms with Crippen LogP contribution in [0.25, 0.3) is 0 Å². The van der Waals surface area contributed by atoms with E-state index in [9.17, 15) is 9.18 Å². The molecule has 21 heavy (non-hydrogen) atoms. The number of amides is 1. The summed E-state index contributed by atoms with van der Waals surface area (Å²) in [4.78, 5) is 11.8. The zero-order valence-electron chi connectivity index (χ0n) is 11.9. The number of ether oxygens (including phenoxy) is 1. The van der Waals surface area contributed by atoms with Gasteiger partial charge in [-0.2, -0.15) is 0 Å². The van der Waals surface area contributed by atoms with Crippen LogP contribution in [-0.2, 0) is 4.79 Å². The molecule has 4 nitrogen and oxygen atoms in total. The first-order valence-corrected chi connectivity index (χ1v) is 7.07. The summed E-state index contributed by atoms with van der Waals surface area (Å²) in [7, 11) is 0. The van der Waals surface area contributed by atoms with Gasteiger partial charge in [-0.1, -0.05) is 12.1 Å². The first kappa shape index (κ1) is 17.7. The molecule has 0 heterocycles. The zero-order valence-corrected chi connectivity index (χ0v) is 12.7. The maximum Gasteiger partial charge on any atom is 0.223 e. The van der Waals surface area contributed by atoms with Crippen LogP contribution < -0.4 is 15.8 Å². The lowest BCUT2D eigenvalue weighted by atomic mass is 9.92. The van der Waals surface area contributed by atoms with Crippen LogP contribution in [0.2, 0.25) is 0 Å². The number of halogens is 2. The molecule has 6 heteroatoms. The number of benzene rings is 1. The van der Waals surface area contributed by atoms with Gasteiger partial charge in [-0.25, -0.2) is 4.39 Å². The number of carbonyl (C=O) groups is 1. The molecule has 0 unspecified atom stereocenters. The van der Waals surface area contributed by atoms with Gasteiger partial charge in [-0.3, -0.25) is 4.79 Å². The molecule has 0 saturated heterocycles. The lowest BCUT2D eigenvalue weighted by molar-refractivity contribution is -0.122. The molecule has 118 valence electrons. The topological polar surface area (TPSA) is 64.3 Å². The summed E-state index contributed by atoms with van der Waals surface area (Å²) in [5, 5.41) is 2.97. The van der Waals surface area contributed by atoms with Crippen molar-refractivity contribution < 1.29 is 13.9 Å². The van der Waals surface area contributed by atoms with Crippen molar-refractivity contribution in [2.45, 2.75) is 44.2 Å². The fourth-order valence-corrected chi connectivity index (χ4v) is 2.38. The molecule has 0 aliphatic heterocycles. The van der Waals surface area contributed by atoms with Crippen LogP contribution in [0.3, 0.4) is 0 Å². The van der Waals surface area contributed by atoms with Gasteiger partial charge < -0.3 is 15.8 Å². The monoisotopic (exact) mass is 316 g/mol. The number of hydrogen-bond donors (Lipinski definition) is 2. The zero-order chi connectivity index (χ0) is 14.4. The van der Waals surface area contributed by atoms with Gasteiger partial charge in [0.25, 0.3) is 0 Å². The van der Waals surface area contributed by atoms with Gasteiger partial charge in [-0.05, 0) is 37.8 Å². The second-order valence-corrected chi connectivity index (χ2v) is 5.21. The number of carbonyl (C=O) groups excluding carboxylic acids is 1. The van der Waals surface area contributed by atoms with Crippen LogP contribution in [0.15, 0.2) is 24.3 Å². The van der Waals surface area contributed by atoms with E-state index in [0.29, 0.717) is 0 Å². The molecule has 3 N–H and O–H groups in total. The smallest absolute Gasteiger partial charge is 0.223 e. The predicted octanol–water partition coefficient (Wildman–Crippen LogP) is 2.40. The molecule has 1 amide bonds. The quantitative estimate of drug-likeness (QED) is 0.876. The van der Waals surface area contributed by atoms with Gasteiger partial charge >= 0.3 is 0 Å². The highest BCUT2D eigenvalue weighted by Crippen LogP contribution is 2.17.